The number of anilines is 1. The van der Waals surface area contributed by atoms with Crippen molar-refractivity contribution in [1.29, 1.82) is 0 Å². The van der Waals surface area contributed by atoms with Gasteiger partial charge in [-0.25, -0.2) is 4.98 Å². The highest BCUT2D eigenvalue weighted by molar-refractivity contribution is 8.00. The zero-order valence-corrected chi connectivity index (χ0v) is 19.0. The molecule has 0 aliphatic heterocycles. The van der Waals surface area contributed by atoms with E-state index in [1.165, 1.54) is 11.8 Å². The first-order valence-electron chi connectivity index (χ1n) is 10.4. The third-order valence-corrected chi connectivity index (χ3v) is 6.27. The van der Waals surface area contributed by atoms with Crippen LogP contribution in [0.5, 0.6) is 0 Å². The predicted octanol–water partition coefficient (Wildman–Crippen LogP) is 4.84. The number of nitrogens with zero attached hydrogens (tertiary/aromatic N) is 5. The lowest BCUT2D eigenvalue weighted by atomic mass is 10.1. The molecule has 0 aliphatic rings. The molecule has 0 aliphatic carbocycles. The fraction of sp³-hybridized carbons (Fsp3) is 0.208. The van der Waals surface area contributed by atoms with Gasteiger partial charge in [-0.1, -0.05) is 54.2 Å². The van der Waals surface area contributed by atoms with Gasteiger partial charge < -0.3 is 9.88 Å². The van der Waals surface area contributed by atoms with Crippen LogP contribution in [-0.4, -0.2) is 30.6 Å². The quantitative estimate of drug-likeness (QED) is 0.410. The van der Waals surface area contributed by atoms with Crippen LogP contribution in [0.2, 0.25) is 0 Å². The van der Waals surface area contributed by atoms with Gasteiger partial charge in [-0.15, -0.1) is 10.2 Å². The fourth-order valence-electron chi connectivity index (χ4n) is 3.34. The second-order valence-corrected chi connectivity index (χ2v) is 8.43. The number of carbonyl (C=O) groups excluding carboxylic acids is 1. The van der Waals surface area contributed by atoms with Crippen molar-refractivity contribution in [2.45, 2.75) is 37.7 Å². The Balaban J connectivity index is 1.67. The molecular formula is C24H24N6OS. The summed E-state index contributed by atoms with van der Waals surface area (Å²) in [4.78, 5) is 21.9. The summed E-state index contributed by atoms with van der Waals surface area (Å²) in [7, 11) is 0. The van der Waals surface area contributed by atoms with Crippen LogP contribution in [-0.2, 0) is 11.3 Å². The molecule has 8 heteroatoms. The monoisotopic (exact) mass is 444 g/mol. The Bertz CT molecular complexity index is 1210. The average Bonchev–Trinajstić information content (AvgIpc) is 3.23. The molecule has 4 aromatic rings. The second-order valence-electron chi connectivity index (χ2n) is 7.36. The first-order chi connectivity index (χ1) is 15.6. The lowest BCUT2D eigenvalue weighted by Gasteiger charge is -2.18. The number of carbonyl (C=O) groups is 1. The van der Waals surface area contributed by atoms with Crippen molar-refractivity contribution in [2.75, 3.05) is 5.32 Å². The van der Waals surface area contributed by atoms with Gasteiger partial charge >= 0.3 is 0 Å². The van der Waals surface area contributed by atoms with Crippen molar-refractivity contribution < 1.29 is 4.79 Å². The van der Waals surface area contributed by atoms with Crippen molar-refractivity contribution in [1.82, 2.24) is 24.7 Å². The van der Waals surface area contributed by atoms with Crippen molar-refractivity contribution in [3.05, 3.63) is 83.8 Å². The number of benzene rings is 2. The molecule has 1 N–H and O–H groups in total. The molecule has 0 fully saturated rings. The Morgan fingerprint density at radius 2 is 1.91 bits per heavy atom. The van der Waals surface area contributed by atoms with Gasteiger partial charge in [-0.3, -0.25) is 9.78 Å². The summed E-state index contributed by atoms with van der Waals surface area (Å²) in [6, 6.07) is 15.7. The average molecular weight is 445 g/mol. The Morgan fingerprint density at radius 1 is 1.09 bits per heavy atom. The first-order valence-corrected chi connectivity index (χ1v) is 11.2. The number of aryl methyl sites for hydroxylation is 2. The SMILES string of the molecule is CCn1c(S[C@@H](C(=O)Nc2cc(C)ccc2C)c2ccccc2)nnc1-c1cnccn1. The third-order valence-electron chi connectivity index (χ3n) is 5.04. The number of hydrogen-bond donors (Lipinski definition) is 1. The van der Waals surface area contributed by atoms with E-state index in [4.69, 9.17) is 0 Å². The van der Waals surface area contributed by atoms with Crippen LogP contribution in [0, 0.1) is 13.8 Å². The molecule has 0 saturated carbocycles. The van der Waals surface area contributed by atoms with Crippen LogP contribution in [0.4, 0.5) is 5.69 Å². The van der Waals surface area contributed by atoms with E-state index in [0.29, 0.717) is 23.2 Å². The summed E-state index contributed by atoms with van der Waals surface area (Å²) < 4.78 is 1.95. The van der Waals surface area contributed by atoms with Gasteiger partial charge in [0.2, 0.25) is 5.91 Å². The molecule has 0 bridgehead atoms. The number of nitrogens with one attached hydrogen (secondary N) is 1. The van der Waals surface area contributed by atoms with Gasteiger partial charge in [0.05, 0.1) is 6.20 Å². The number of aromatic nitrogens is 5. The molecule has 1 atom stereocenters. The van der Waals surface area contributed by atoms with E-state index >= 15 is 0 Å². The summed E-state index contributed by atoms with van der Waals surface area (Å²) in [5.74, 6) is 0.520. The first kappa shape index (κ1) is 21.7. The minimum absolute atomic E-state index is 0.110. The maximum absolute atomic E-state index is 13.4. The van der Waals surface area contributed by atoms with E-state index in [2.05, 4.69) is 25.5 Å². The molecular weight excluding hydrogens is 420 g/mol. The highest BCUT2D eigenvalue weighted by Gasteiger charge is 2.26. The van der Waals surface area contributed by atoms with Crippen molar-refractivity contribution in [3.63, 3.8) is 0 Å². The Labute approximate surface area is 191 Å². The van der Waals surface area contributed by atoms with Crippen molar-refractivity contribution >= 4 is 23.4 Å². The molecule has 0 spiro atoms. The Hall–Kier alpha value is -3.52. The van der Waals surface area contributed by atoms with Crippen LogP contribution in [0.1, 0.15) is 28.9 Å². The fourth-order valence-corrected chi connectivity index (χ4v) is 4.44. The molecule has 0 saturated heterocycles. The van der Waals surface area contributed by atoms with Crippen LogP contribution in [0.3, 0.4) is 0 Å². The van der Waals surface area contributed by atoms with E-state index in [9.17, 15) is 4.79 Å². The molecule has 32 heavy (non-hydrogen) atoms. The van der Waals surface area contributed by atoms with E-state index in [0.717, 1.165) is 22.4 Å². The van der Waals surface area contributed by atoms with Crippen molar-refractivity contribution in [2.24, 2.45) is 0 Å². The van der Waals surface area contributed by atoms with Crippen LogP contribution in [0.15, 0.2) is 72.3 Å². The zero-order chi connectivity index (χ0) is 22.5. The molecule has 0 unspecified atom stereocenters. The standard InChI is InChI=1S/C24H24N6OS/c1-4-30-22(20-15-25-12-13-26-20)28-29-24(30)32-21(18-8-6-5-7-9-18)23(31)27-19-14-16(2)10-11-17(19)3/h5-15,21H,4H2,1-3H3,(H,27,31)/t21-/m1/s1. The molecule has 7 nitrogen and oxygen atoms in total. The van der Waals surface area contributed by atoms with Gasteiger partial charge in [0.25, 0.3) is 0 Å². The molecule has 2 aromatic carbocycles. The van der Waals surface area contributed by atoms with E-state index in [1.54, 1.807) is 18.6 Å². The summed E-state index contributed by atoms with van der Waals surface area (Å²) in [6.45, 7) is 6.65. The highest BCUT2D eigenvalue weighted by Crippen LogP contribution is 2.37. The normalized spacial score (nSPS) is 11.8. The zero-order valence-electron chi connectivity index (χ0n) is 18.2. The minimum atomic E-state index is -0.500. The molecule has 1 amide bonds. The van der Waals surface area contributed by atoms with E-state index < -0.39 is 5.25 Å². The lowest BCUT2D eigenvalue weighted by molar-refractivity contribution is -0.115. The number of rotatable bonds is 7. The van der Waals surface area contributed by atoms with Crippen LogP contribution >= 0.6 is 11.8 Å². The van der Waals surface area contributed by atoms with Gasteiger partial charge in [0, 0.05) is 24.6 Å². The minimum Gasteiger partial charge on any atom is -0.325 e. The maximum Gasteiger partial charge on any atom is 0.242 e. The largest absolute Gasteiger partial charge is 0.325 e. The molecule has 2 heterocycles. The van der Waals surface area contributed by atoms with Gasteiger partial charge in [-0.2, -0.15) is 0 Å². The maximum atomic E-state index is 13.4. The van der Waals surface area contributed by atoms with Gasteiger partial charge in [0.1, 0.15) is 10.9 Å². The van der Waals surface area contributed by atoms with E-state index in [-0.39, 0.29) is 5.91 Å². The smallest absolute Gasteiger partial charge is 0.242 e. The summed E-state index contributed by atoms with van der Waals surface area (Å²) in [5, 5.41) is 12.0. The second kappa shape index (κ2) is 9.74. The summed E-state index contributed by atoms with van der Waals surface area (Å²) in [6.07, 6.45) is 4.91. The predicted molar refractivity (Wildman–Crippen MR) is 126 cm³/mol. The number of hydrogen-bond acceptors (Lipinski definition) is 6. The van der Waals surface area contributed by atoms with E-state index in [1.807, 2.05) is 73.9 Å². The molecule has 0 radical (unpaired) electrons. The number of thioether (sulfide) groups is 1. The molecule has 2 aromatic heterocycles. The van der Waals surface area contributed by atoms with Gasteiger partial charge in [-0.05, 0) is 43.5 Å². The van der Waals surface area contributed by atoms with Crippen molar-refractivity contribution in [3.8, 4) is 11.5 Å². The molecule has 4 rings (SSSR count). The Kier molecular flexibility index (Phi) is 6.61. The topological polar surface area (TPSA) is 85.6 Å². The highest BCUT2D eigenvalue weighted by atomic mass is 32.2. The lowest BCUT2D eigenvalue weighted by Crippen LogP contribution is -2.20. The summed E-state index contributed by atoms with van der Waals surface area (Å²) in [5.41, 5.74) is 4.46. The number of amides is 1. The summed E-state index contributed by atoms with van der Waals surface area (Å²) >= 11 is 1.38. The Morgan fingerprint density at radius 3 is 2.62 bits per heavy atom. The van der Waals surface area contributed by atoms with Crippen LogP contribution < -0.4 is 5.32 Å². The third kappa shape index (κ3) is 4.70. The molecule has 162 valence electrons. The van der Waals surface area contributed by atoms with Gasteiger partial charge in [0.15, 0.2) is 11.0 Å². The van der Waals surface area contributed by atoms with Crippen LogP contribution in [0.25, 0.3) is 11.5 Å².